The standard InChI is InChI=1S/C22H25N3O4/c1-4-28-11-12-29-18-9-6-16(7-10-18)5-8-17-13-19(26-2)14-21(27-3)22(17)20-15-23-25-24-20/h5-10,13-15H,4,11-12H2,1-3H3,(H,23,24,25)/b8-5+. The average molecular weight is 395 g/mol. The van der Waals surface area contributed by atoms with Gasteiger partial charge in [0.1, 0.15) is 29.5 Å². The van der Waals surface area contributed by atoms with Gasteiger partial charge in [-0.15, -0.1) is 0 Å². The van der Waals surface area contributed by atoms with Gasteiger partial charge in [0.25, 0.3) is 0 Å². The van der Waals surface area contributed by atoms with Crippen LogP contribution < -0.4 is 14.2 Å². The zero-order valence-electron chi connectivity index (χ0n) is 16.8. The van der Waals surface area contributed by atoms with Gasteiger partial charge < -0.3 is 18.9 Å². The molecule has 1 N–H and O–H groups in total. The molecule has 0 fully saturated rings. The van der Waals surface area contributed by atoms with E-state index in [1.165, 1.54) is 0 Å². The smallest absolute Gasteiger partial charge is 0.132 e. The first kappa shape index (κ1) is 20.4. The fourth-order valence-corrected chi connectivity index (χ4v) is 2.84. The van der Waals surface area contributed by atoms with Crippen molar-refractivity contribution in [2.75, 3.05) is 34.0 Å². The van der Waals surface area contributed by atoms with Crippen LogP contribution in [-0.4, -0.2) is 49.5 Å². The number of H-pyrrole nitrogens is 1. The molecule has 0 aliphatic rings. The number of hydrogen-bond donors (Lipinski definition) is 1. The normalized spacial score (nSPS) is 11.0. The predicted octanol–water partition coefficient (Wildman–Crippen LogP) is 4.07. The third kappa shape index (κ3) is 5.36. The Bertz CT molecular complexity index is 922. The summed E-state index contributed by atoms with van der Waals surface area (Å²) in [6.45, 7) is 3.78. The fraction of sp³-hybridized carbons (Fsp3) is 0.273. The van der Waals surface area contributed by atoms with Crippen molar-refractivity contribution in [1.82, 2.24) is 15.4 Å². The topological polar surface area (TPSA) is 78.5 Å². The molecule has 0 saturated carbocycles. The zero-order chi connectivity index (χ0) is 20.5. The van der Waals surface area contributed by atoms with Gasteiger partial charge in [-0.25, -0.2) is 0 Å². The lowest BCUT2D eigenvalue weighted by molar-refractivity contribution is 0.110. The summed E-state index contributed by atoms with van der Waals surface area (Å²) in [4.78, 5) is 0. The number of rotatable bonds is 10. The van der Waals surface area contributed by atoms with Gasteiger partial charge in [0.2, 0.25) is 0 Å². The summed E-state index contributed by atoms with van der Waals surface area (Å²) >= 11 is 0. The van der Waals surface area contributed by atoms with Gasteiger partial charge in [-0.05, 0) is 36.2 Å². The Hall–Kier alpha value is -3.32. The van der Waals surface area contributed by atoms with Gasteiger partial charge >= 0.3 is 0 Å². The van der Waals surface area contributed by atoms with E-state index in [0.29, 0.717) is 37.0 Å². The van der Waals surface area contributed by atoms with Gasteiger partial charge in [0.15, 0.2) is 0 Å². The van der Waals surface area contributed by atoms with Crippen LogP contribution in [0.15, 0.2) is 42.6 Å². The molecular weight excluding hydrogens is 370 g/mol. The second kappa shape index (κ2) is 10.3. The SMILES string of the molecule is CCOCCOc1ccc(/C=C/c2cc(OC)cc(OC)c2-c2cn[nH]n2)cc1. The van der Waals surface area contributed by atoms with Crippen molar-refractivity contribution in [3.05, 3.63) is 53.7 Å². The minimum absolute atomic E-state index is 0.535. The summed E-state index contributed by atoms with van der Waals surface area (Å²) in [5.74, 6) is 2.18. The summed E-state index contributed by atoms with van der Waals surface area (Å²) in [5.41, 5.74) is 3.48. The highest BCUT2D eigenvalue weighted by Gasteiger charge is 2.15. The summed E-state index contributed by atoms with van der Waals surface area (Å²) in [6.07, 6.45) is 5.68. The predicted molar refractivity (Wildman–Crippen MR) is 112 cm³/mol. The van der Waals surface area contributed by atoms with Crippen molar-refractivity contribution in [2.45, 2.75) is 6.92 Å². The third-order valence-electron chi connectivity index (χ3n) is 4.27. The first-order valence-corrected chi connectivity index (χ1v) is 9.36. The molecule has 0 aliphatic carbocycles. The summed E-state index contributed by atoms with van der Waals surface area (Å²) < 4.78 is 21.9. The molecule has 0 atom stereocenters. The first-order valence-electron chi connectivity index (χ1n) is 9.36. The fourth-order valence-electron chi connectivity index (χ4n) is 2.84. The number of nitrogens with zero attached hydrogens (tertiary/aromatic N) is 2. The molecule has 3 aromatic rings. The van der Waals surface area contributed by atoms with Crippen LogP contribution in [0.25, 0.3) is 23.4 Å². The summed E-state index contributed by atoms with van der Waals surface area (Å²) in [6, 6.07) is 11.6. The highest BCUT2D eigenvalue weighted by molar-refractivity contribution is 5.84. The van der Waals surface area contributed by atoms with Crippen molar-refractivity contribution < 1.29 is 18.9 Å². The molecule has 2 aromatic carbocycles. The van der Waals surface area contributed by atoms with Gasteiger partial charge in [-0.2, -0.15) is 15.4 Å². The largest absolute Gasteiger partial charge is 0.497 e. The number of aromatic nitrogens is 3. The highest BCUT2D eigenvalue weighted by Crippen LogP contribution is 2.36. The Morgan fingerprint density at radius 1 is 0.966 bits per heavy atom. The Labute approximate surface area is 170 Å². The zero-order valence-corrected chi connectivity index (χ0v) is 16.8. The van der Waals surface area contributed by atoms with Crippen molar-refractivity contribution in [1.29, 1.82) is 0 Å². The number of ether oxygens (including phenoxy) is 4. The van der Waals surface area contributed by atoms with E-state index < -0.39 is 0 Å². The Balaban J connectivity index is 1.82. The van der Waals surface area contributed by atoms with Crippen LogP contribution in [0.1, 0.15) is 18.1 Å². The van der Waals surface area contributed by atoms with Crippen LogP contribution in [0.2, 0.25) is 0 Å². The molecule has 152 valence electrons. The van der Waals surface area contributed by atoms with E-state index in [2.05, 4.69) is 15.4 Å². The molecule has 0 radical (unpaired) electrons. The molecule has 29 heavy (non-hydrogen) atoms. The minimum atomic E-state index is 0.535. The minimum Gasteiger partial charge on any atom is -0.497 e. The Morgan fingerprint density at radius 2 is 1.79 bits per heavy atom. The molecule has 0 saturated heterocycles. The molecule has 0 amide bonds. The lowest BCUT2D eigenvalue weighted by Gasteiger charge is -2.12. The van der Waals surface area contributed by atoms with Crippen molar-refractivity contribution >= 4 is 12.2 Å². The van der Waals surface area contributed by atoms with E-state index in [-0.39, 0.29) is 0 Å². The molecule has 7 heteroatoms. The third-order valence-corrected chi connectivity index (χ3v) is 4.27. The first-order chi connectivity index (χ1) is 14.2. The van der Waals surface area contributed by atoms with Gasteiger partial charge in [-0.1, -0.05) is 24.3 Å². The Morgan fingerprint density at radius 3 is 2.45 bits per heavy atom. The maximum Gasteiger partial charge on any atom is 0.132 e. The van der Waals surface area contributed by atoms with E-state index in [4.69, 9.17) is 18.9 Å². The molecule has 1 heterocycles. The summed E-state index contributed by atoms with van der Waals surface area (Å²) in [7, 11) is 3.25. The van der Waals surface area contributed by atoms with Crippen LogP contribution in [0.5, 0.6) is 17.2 Å². The maximum absolute atomic E-state index is 5.65. The molecule has 7 nitrogen and oxygen atoms in total. The molecule has 1 aromatic heterocycles. The number of benzene rings is 2. The van der Waals surface area contributed by atoms with Crippen LogP contribution in [-0.2, 0) is 4.74 Å². The van der Waals surface area contributed by atoms with Crippen molar-refractivity contribution in [3.8, 4) is 28.5 Å². The monoisotopic (exact) mass is 395 g/mol. The van der Waals surface area contributed by atoms with Crippen LogP contribution >= 0.6 is 0 Å². The van der Waals surface area contributed by atoms with Gasteiger partial charge in [0, 0.05) is 12.7 Å². The second-order valence-corrected chi connectivity index (χ2v) is 6.10. The van der Waals surface area contributed by atoms with Gasteiger partial charge in [0.05, 0.1) is 32.6 Å². The quantitative estimate of drug-likeness (QED) is 0.412. The second-order valence-electron chi connectivity index (χ2n) is 6.10. The van der Waals surface area contributed by atoms with Crippen LogP contribution in [0.3, 0.4) is 0 Å². The average Bonchev–Trinajstić information content (AvgIpc) is 3.29. The van der Waals surface area contributed by atoms with Crippen molar-refractivity contribution in [3.63, 3.8) is 0 Å². The maximum atomic E-state index is 5.65. The van der Waals surface area contributed by atoms with E-state index >= 15 is 0 Å². The van der Waals surface area contributed by atoms with E-state index in [1.807, 2.05) is 55.5 Å². The number of methoxy groups -OCH3 is 2. The van der Waals surface area contributed by atoms with E-state index in [9.17, 15) is 0 Å². The number of hydrogen-bond acceptors (Lipinski definition) is 6. The molecule has 0 aliphatic heterocycles. The molecule has 0 spiro atoms. The Kier molecular flexibility index (Phi) is 7.24. The van der Waals surface area contributed by atoms with Crippen LogP contribution in [0, 0.1) is 0 Å². The molecule has 0 unspecified atom stereocenters. The van der Waals surface area contributed by atoms with Gasteiger partial charge in [-0.3, -0.25) is 0 Å². The number of aromatic amines is 1. The molecular formula is C22H25N3O4. The highest BCUT2D eigenvalue weighted by atomic mass is 16.5. The number of nitrogens with one attached hydrogen (secondary N) is 1. The van der Waals surface area contributed by atoms with Crippen molar-refractivity contribution in [2.24, 2.45) is 0 Å². The summed E-state index contributed by atoms with van der Waals surface area (Å²) in [5, 5.41) is 10.8. The lowest BCUT2D eigenvalue weighted by atomic mass is 10.0. The van der Waals surface area contributed by atoms with E-state index in [0.717, 1.165) is 22.4 Å². The van der Waals surface area contributed by atoms with E-state index in [1.54, 1.807) is 20.4 Å². The molecule has 0 bridgehead atoms. The lowest BCUT2D eigenvalue weighted by Crippen LogP contribution is -2.06. The molecule has 3 rings (SSSR count). The van der Waals surface area contributed by atoms with Crippen LogP contribution in [0.4, 0.5) is 0 Å².